The molecule has 27 aromatic rings. The van der Waals surface area contributed by atoms with E-state index < -0.39 is 0 Å². The molecular weight excluding hydrogens is 1830 g/mol. The van der Waals surface area contributed by atoms with Crippen molar-refractivity contribution in [3.8, 4) is 181 Å². The highest BCUT2D eigenvalue weighted by Gasteiger charge is 2.36. The van der Waals surface area contributed by atoms with Crippen LogP contribution in [0.3, 0.4) is 0 Å². The van der Waals surface area contributed by atoms with E-state index in [0.717, 1.165) is 150 Å². The Morgan fingerprint density at radius 1 is 0.170 bits per heavy atom. The van der Waals surface area contributed by atoms with Crippen LogP contribution in [-0.2, 0) is 5.41 Å². The van der Waals surface area contributed by atoms with Gasteiger partial charge in [0, 0.05) is 129 Å². The lowest BCUT2D eigenvalue weighted by Crippen LogP contribution is -2.15. The van der Waals surface area contributed by atoms with E-state index in [4.69, 9.17) is 64.8 Å². The number of thiophene rings is 2. The summed E-state index contributed by atoms with van der Waals surface area (Å²) in [6.07, 6.45) is 1.85. The van der Waals surface area contributed by atoms with Crippen molar-refractivity contribution in [2.45, 2.75) is 19.3 Å². The summed E-state index contributed by atoms with van der Waals surface area (Å²) in [5, 5.41) is 9.55. The molecule has 8 aromatic heterocycles. The van der Waals surface area contributed by atoms with Gasteiger partial charge >= 0.3 is 0 Å². The molecule has 0 amide bonds. The number of aromatic nitrogens is 13. The second kappa shape index (κ2) is 37.8. The number of para-hydroxylation sites is 2. The van der Waals surface area contributed by atoms with Crippen molar-refractivity contribution in [3.05, 3.63) is 491 Å². The summed E-state index contributed by atoms with van der Waals surface area (Å²) < 4.78 is 5.02. The van der Waals surface area contributed by atoms with Gasteiger partial charge in [-0.05, 0) is 134 Å². The molecule has 0 spiro atoms. The van der Waals surface area contributed by atoms with Crippen LogP contribution in [0.15, 0.2) is 479 Å². The number of benzene rings is 19. The van der Waals surface area contributed by atoms with Gasteiger partial charge < -0.3 is 0 Å². The van der Waals surface area contributed by atoms with Gasteiger partial charge in [0.15, 0.2) is 52.4 Å². The molecule has 0 N–H and O–H groups in total. The van der Waals surface area contributed by atoms with Gasteiger partial charge in [0.05, 0.1) is 45.3 Å². The first-order valence-corrected chi connectivity index (χ1v) is 50.7. The number of rotatable bonds is 15. The van der Waals surface area contributed by atoms with Crippen LogP contribution in [0.4, 0.5) is 0 Å². The Morgan fingerprint density at radius 2 is 0.483 bits per heavy atom. The molecule has 0 radical (unpaired) electrons. The lowest BCUT2D eigenvalue weighted by molar-refractivity contribution is 0.660. The molecule has 147 heavy (non-hydrogen) atoms. The summed E-state index contributed by atoms with van der Waals surface area (Å²) in [6.45, 7) is 4.59. The van der Waals surface area contributed by atoms with E-state index >= 15 is 0 Å². The third-order valence-electron chi connectivity index (χ3n) is 27.7. The molecule has 28 rings (SSSR count). The minimum Gasteiger partial charge on any atom is -0.252 e. The van der Waals surface area contributed by atoms with E-state index in [1.165, 1.54) is 73.7 Å². The molecule has 8 heterocycles. The summed E-state index contributed by atoms with van der Waals surface area (Å²) in [6, 6.07) is 164. The van der Waals surface area contributed by atoms with Gasteiger partial charge in [0.1, 0.15) is 0 Å². The van der Waals surface area contributed by atoms with E-state index in [9.17, 15) is 0 Å². The molecule has 0 unspecified atom stereocenters. The van der Waals surface area contributed by atoms with E-state index in [0.29, 0.717) is 52.4 Å². The summed E-state index contributed by atoms with van der Waals surface area (Å²) in [7, 11) is 0. The van der Waals surface area contributed by atoms with Crippen LogP contribution >= 0.6 is 22.7 Å². The average molecular weight is 1920 g/mol. The fourth-order valence-electron chi connectivity index (χ4n) is 20.0. The Kier molecular flexibility index (Phi) is 22.7. The second-order valence-corrected chi connectivity index (χ2v) is 39.4. The maximum Gasteiger partial charge on any atom is 0.164 e. The standard InChI is InChI=1S/C48H33N5.C45H29N5.C39H23N3S2/c1-48(2)40-15-9-8-14-38(40)39-26-24-36(28-41(39)48)47-52-45(34-20-16-31(17-21-34)30-10-4-3-5-11-30)51-46(53-47)35-22-18-33(19-23-35)43-29-49-42-27-25-32-12-6-7-13-37(32)44(42)50-43;1-2-10-30(11-3-1)31-20-22-34(23-21-31)43-48-44(37-16-8-14-35(28-37)41-26-24-32-12-4-6-18-39(32)46-41)50-45(49-43)38-17-9-15-36(29-38)42-27-25-33-13-5-7-19-40(33)47-42;1-2-8-24(9-3-1)25-14-16-26(17-15-25)37-40-38(27-18-20-31-29-10-4-6-12-33(29)43-35(31)22-27)42-39(41-37)28-19-21-32-30-11-5-7-13-34(30)44-36(32)23-28/h3-29H,1-2H3;1-29H;1-23H. The van der Waals surface area contributed by atoms with Crippen LogP contribution in [0.2, 0.25) is 0 Å². The second-order valence-electron chi connectivity index (χ2n) is 37.2. The van der Waals surface area contributed by atoms with Gasteiger partial charge in [-0.25, -0.2) is 59.8 Å². The first kappa shape index (κ1) is 88.3. The first-order valence-electron chi connectivity index (χ1n) is 49.0. The molecule has 13 nitrogen and oxygen atoms in total. The third kappa shape index (κ3) is 17.4. The smallest absolute Gasteiger partial charge is 0.164 e. The van der Waals surface area contributed by atoms with E-state index in [1.54, 1.807) is 22.7 Å². The Balaban J connectivity index is 0.000000112. The van der Waals surface area contributed by atoms with Gasteiger partial charge in [-0.1, -0.05) is 414 Å². The average Bonchev–Trinajstić information content (AvgIpc) is 1.57. The Labute approximate surface area is 855 Å². The van der Waals surface area contributed by atoms with Gasteiger partial charge in [-0.3, -0.25) is 4.98 Å². The number of hydrogen-bond acceptors (Lipinski definition) is 15. The quantitative estimate of drug-likeness (QED) is 0.0890. The van der Waals surface area contributed by atoms with Crippen molar-refractivity contribution in [3.63, 3.8) is 0 Å². The van der Waals surface area contributed by atoms with Crippen molar-refractivity contribution in [2.24, 2.45) is 0 Å². The highest BCUT2D eigenvalue weighted by Crippen LogP contribution is 2.50. The molecule has 1 aliphatic carbocycles. The zero-order chi connectivity index (χ0) is 97.8. The summed E-state index contributed by atoms with van der Waals surface area (Å²) in [4.78, 5) is 65.3. The SMILES string of the molecule is CC1(C)c2ccccc2-c2ccc(-c3nc(-c4ccc(-c5ccccc5)cc4)nc(-c4ccc(-c5cnc6ccc7ccccc7c6n5)cc4)n3)cc21.c1ccc(-c2ccc(-c3nc(-c4ccc5c(c4)sc4ccccc45)nc(-c4ccc5c(c4)sc4ccccc45)n3)cc2)cc1.c1ccc(-c2ccc(-c3nc(-c4cccc(-c5ccc6ccccc6n5)c4)nc(-c4cccc(-c5ccc6ccccc6n5)c4)n3)cc2)cc1. The normalized spacial score (nSPS) is 11.9. The Hall–Kier alpha value is -18.9. The van der Waals surface area contributed by atoms with E-state index in [-0.39, 0.29) is 5.41 Å². The predicted molar refractivity (Wildman–Crippen MR) is 606 cm³/mol. The highest BCUT2D eigenvalue weighted by molar-refractivity contribution is 7.26. The predicted octanol–water partition coefficient (Wildman–Crippen LogP) is 33.9. The largest absolute Gasteiger partial charge is 0.252 e. The minimum absolute atomic E-state index is 0.137. The van der Waals surface area contributed by atoms with Crippen LogP contribution < -0.4 is 0 Å². The summed E-state index contributed by atoms with van der Waals surface area (Å²) in [5.41, 5.74) is 29.7. The van der Waals surface area contributed by atoms with Gasteiger partial charge in [0.25, 0.3) is 0 Å². The fraction of sp³-hybridized carbons (Fsp3) is 0.0227. The summed E-state index contributed by atoms with van der Waals surface area (Å²) in [5.74, 6) is 5.68. The maximum absolute atomic E-state index is 5.11. The Morgan fingerprint density at radius 3 is 0.939 bits per heavy atom. The van der Waals surface area contributed by atoms with Gasteiger partial charge in [-0.2, -0.15) is 0 Å². The third-order valence-corrected chi connectivity index (χ3v) is 29.9. The lowest BCUT2D eigenvalue weighted by atomic mass is 9.82. The Bertz CT molecular complexity index is 9490. The molecule has 0 atom stereocenters. The van der Waals surface area contributed by atoms with Crippen LogP contribution in [0.25, 0.3) is 265 Å². The highest BCUT2D eigenvalue weighted by atomic mass is 32.1. The molecule has 0 saturated heterocycles. The molecule has 1 aliphatic rings. The topological polar surface area (TPSA) is 168 Å². The van der Waals surface area contributed by atoms with E-state index in [2.05, 4.69) is 390 Å². The zero-order valence-corrected chi connectivity index (χ0v) is 81.4. The van der Waals surface area contributed by atoms with E-state index in [1.807, 2.05) is 103 Å². The number of fused-ring (bicyclic) bond motifs is 14. The molecule has 0 bridgehead atoms. The molecule has 15 heteroatoms. The number of nitrogens with zero attached hydrogens (tertiary/aromatic N) is 13. The van der Waals surface area contributed by atoms with Crippen molar-refractivity contribution in [1.29, 1.82) is 0 Å². The molecule has 0 fully saturated rings. The molecule has 0 aliphatic heterocycles. The van der Waals surface area contributed by atoms with Crippen LogP contribution in [0.1, 0.15) is 25.0 Å². The molecule has 690 valence electrons. The number of pyridine rings is 2. The van der Waals surface area contributed by atoms with Crippen molar-refractivity contribution in [1.82, 2.24) is 64.8 Å². The minimum atomic E-state index is -0.137. The van der Waals surface area contributed by atoms with Gasteiger partial charge in [0.2, 0.25) is 0 Å². The molecule has 0 saturated carbocycles. The summed E-state index contributed by atoms with van der Waals surface area (Å²) >= 11 is 3.61. The van der Waals surface area contributed by atoms with Crippen molar-refractivity contribution in [2.75, 3.05) is 0 Å². The van der Waals surface area contributed by atoms with Crippen LogP contribution in [0.5, 0.6) is 0 Å². The van der Waals surface area contributed by atoms with Gasteiger partial charge in [-0.15, -0.1) is 22.7 Å². The first-order chi connectivity index (χ1) is 72.5. The van der Waals surface area contributed by atoms with Crippen molar-refractivity contribution < 1.29 is 0 Å². The molecular formula is C132H85N13S2. The maximum atomic E-state index is 5.11. The molecule has 19 aromatic carbocycles. The fourth-order valence-corrected chi connectivity index (χ4v) is 22.2. The monoisotopic (exact) mass is 1920 g/mol. The van der Waals surface area contributed by atoms with Crippen LogP contribution in [-0.4, -0.2) is 64.8 Å². The lowest BCUT2D eigenvalue weighted by Gasteiger charge is -2.21. The zero-order valence-electron chi connectivity index (χ0n) is 79.7. The number of hydrogen-bond donors (Lipinski definition) is 0. The van der Waals surface area contributed by atoms with Crippen LogP contribution in [0, 0.1) is 0 Å². The van der Waals surface area contributed by atoms with Crippen molar-refractivity contribution >= 4 is 107 Å².